The van der Waals surface area contributed by atoms with Crippen LogP contribution in [0, 0.1) is 6.92 Å². The number of nitrogens with one attached hydrogen (secondary N) is 1. The van der Waals surface area contributed by atoms with Gasteiger partial charge in [0.2, 0.25) is 11.8 Å². The Bertz CT molecular complexity index is 810. The molecule has 0 unspecified atom stereocenters. The van der Waals surface area contributed by atoms with Gasteiger partial charge in [0.05, 0.1) is 0 Å². The molecular weight excluding hydrogens is 372 g/mol. The van der Waals surface area contributed by atoms with Gasteiger partial charge in [0.25, 0.3) is 0 Å². The maximum atomic E-state index is 13.1. The van der Waals surface area contributed by atoms with E-state index < -0.39 is 6.04 Å². The molecule has 0 fully saturated rings. The van der Waals surface area contributed by atoms with E-state index in [0.717, 1.165) is 17.5 Å². The van der Waals surface area contributed by atoms with Crippen LogP contribution < -0.4 is 5.32 Å². The van der Waals surface area contributed by atoms with Gasteiger partial charge in [-0.15, -0.1) is 0 Å². The van der Waals surface area contributed by atoms with E-state index in [2.05, 4.69) is 43.4 Å². The number of benzene rings is 2. The van der Waals surface area contributed by atoms with Crippen molar-refractivity contribution in [3.63, 3.8) is 0 Å². The Kier molecular flexibility index (Phi) is 9.10. The fraction of sp³-hybridized carbons (Fsp3) is 0.462. The van der Waals surface area contributed by atoms with Gasteiger partial charge in [-0.1, -0.05) is 74.9 Å². The van der Waals surface area contributed by atoms with Gasteiger partial charge in [0, 0.05) is 19.5 Å². The molecule has 2 aromatic carbocycles. The van der Waals surface area contributed by atoms with Crippen LogP contribution in [0.1, 0.15) is 68.7 Å². The molecule has 2 rings (SSSR count). The Hall–Kier alpha value is -2.62. The average molecular weight is 409 g/mol. The zero-order chi connectivity index (χ0) is 22.1. The van der Waals surface area contributed by atoms with Crippen molar-refractivity contribution in [3.05, 3.63) is 70.8 Å². The zero-order valence-corrected chi connectivity index (χ0v) is 19.1. The molecule has 2 aromatic rings. The number of rotatable bonds is 10. The number of amides is 2. The van der Waals surface area contributed by atoms with Crippen LogP contribution in [-0.2, 0) is 22.6 Å². The zero-order valence-electron chi connectivity index (χ0n) is 19.1. The van der Waals surface area contributed by atoms with Crippen molar-refractivity contribution in [1.29, 1.82) is 0 Å². The van der Waals surface area contributed by atoms with E-state index in [4.69, 9.17) is 0 Å². The fourth-order valence-electron chi connectivity index (χ4n) is 3.33. The molecule has 30 heavy (non-hydrogen) atoms. The van der Waals surface area contributed by atoms with E-state index in [1.165, 1.54) is 11.1 Å². The Labute approximate surface area is 181 Å². The highest BCUT2D eigenvalue weighted by Gasteiger charge is 2.25. The molecule has 1 N–H and O–H groups in total. The summed E-state index contributed by atoms with van der Waals surface area (Å²) in [5.41, 5.74) is 4.65. The fourth-order valence-corrected chi connectivity index (χ4v) is 3.33. The van der Waals surface area contributed by atoms with Gasteiger partial charge >= 0.3 is 0 Å². The molecule has 0 spiro atoms. The summed E-state index contributed by atoms with van der Waals surface area (Å²) in [6, 6.07) is 16.1. The summed E-state index contributed by atoms with van der Waals surface area (Å²) in [7, 11) is 0. The highest BCUT2D eigenvalue weighted by molar-refractivity contribution is 5.87. The maximum Gasteiger partial charge on any atom is 0.242 e. The molecular formula is C26H36N2O2. The van der Waals surface area contributed by atoms with Gasteiger partial charge in [0.1, 0.15) is 6.04 Å². The first-order valence-electron chi connectivity index (χ1n) is 11.0. The number of carbonyl (C=O) groups excluding carboxylic acids is 2. The summed E-state index contributed by atoms with van der Waals surface area (Å²) >= 11 is 0. The first-order chi connectivity index (χ1) is 14.3. The maximum absolute atomic E-state index is 13.1. The highest BCUT2D eigenvalue weighted by atomic mass is 16.2. The molecule has 0 radical (unpaired) electrons. The van der Waals surface area contributed by atoms with Crippen LogP contribution in [0.5, 0.6) is 0 Å². The second-order valence-electron chi connectivity index (χ2n) is 8.37. The van der Waals surface area contributed by atoms with Crippen LogP contribution in [0.4, 0.5) is 0 Å². The molecule has 0 aliphatic heterocycles. The van der Waals surface area contributed by atoms with Crippen molar-refractivity contribution in [2.75, 3.05) is 6.54 Å². The van der Waals surface area contributed by atoms with Crippen molar-refractivity contribution in [1.82, 2.24) is 10.2 Å². The van der Waals surface area contributed by atoms with E-state index in [0.29, 0.717) is 31.8 Å². The van der Waals surface area contributed by atoms with E-state index >= 15 is 0 Å². The molecule has 0 saturated heterocycles. The molecule has 4 heteroatoms. The monoisotopic (exact) mass is 408 g/mol. The minimum absolute atomic E-state index is 0.00246. The van der Waals surface area contributed by atoms with Crippen LogP contribution in [0.2, 0.25) is 0 Å². The minimum Gasteiger partial charge on any atom is -0.354 e. The number of nitrogens with zero attached hydrogens (tertiary/aromatic N) is 1. The molecule has 1 atom stereocenters. The highest BCUT2D eigenvalue weighted by Crippen LogP contribution is 2.17. The van der Waals surface area contributed by atoms with Gasteiger partial charge in [0.15, 0.2) is 0 Å². The topological polar surface area (TPSA) is 49.4 Å². The lowest BCUT2D eigenvalue weighted by Crippen LogP contribution is -2.47. The quantitative estimate of drug-likeness (QED) is 0.602. The van der Waals surface area contributed by atoms with Gasteiger partial charge in [-0.3, -0.25) is 9.59 Å². The standard InChI is InChI=1S/C26H36N2O2/c1-6-17-27-26(30)21(5)28(18-23-9-7-20(4)8-10-23)25(29)16-13-22-11-14-24(15-12-22)19(2)3/h7-12,14-15,19,21H,6,13,16-18H2,1-5H3,(H,27,30)/t21-/m0/s1. The van der Waals surface area contributed by atoms with Crippen LogP contribution in [-0.4, -0.2) is 29.3 Å². The third-order valence-electron chi connectivity index (χ3n) is 5.46. The largest absolute Gasteiger partial charge is 0.354 e. The van der Waals surface area contributed by atoms with Gasteiger partial charge in [-0.2, -0.15) is 0 Å². The lowest BCUT2D eigenvalue weighted by molar-refractivity contribution is -0.140. The lowest BCUT2D eigenvalue weighted by atomic mass is 10.00. The Morgan fingerprint density at radius 3 is 2.10 bits per heavy atom. The van der Waals surface area contributed by atoms with Gasteiger partial charge in [-0.25, -0.2) is 0 Å². The Balaban J connectivity index is 2.09. The van der Waals surface area contributed by atoms with Crippen LogP contribution in [0.15, 0.2) is 48.5 Å². The normalized spacial score (nSPS) is 11.9. The summed E-state index contributed by atoms with van der Waals surface area (Å²) < 4.78 is 0. The van der Waals surface area contributed by atoms with Gasteiger partial charge in [-0.05, 0) is 49.3 Å². The molecule has 0 saturated carbocycles. The van der Waals surface area contributed by atoms with Crippen molar-refractivity contribution >= 4 is 11.8 Å². The molecule has 2 amide bonds. The predicted octanol–water partition coefficient (Wildman–Crippen LogP) is 4.99. The molecule has 0 bridgehead atoms. The first kappa shape index (κ1) is 23.7. The van der Waals surface area contributed by atoms with Crippen LogP contribution in [0.25, 0.3) is 0 Å². The molecule has 0 aliphatic carbocycles. The van der Waals surface area contributed by atoms with Crippen molar-refractivity contribution < 1.29 is 9.59 Å². The summed E-state index contributed by atoms with van der Waals surface area (Å²) in [6.07, 6.45) is 1.93. The second kappa shape index (κ2) is 11.5. The second-order valence-corrected chi connectivity index (χ2v) is 8.37. The first-order valence-corrected chi connectivity index (χ1v) is 11.0. The predicted molar refractivity (Wildman–Crippen MR) is 123 cm³/mol. The molecule has 0 aliphatic rings. The molecule has 0 aromatic heterocycles. The van der Waals surface area contributed by atoms with Crippen LogP contribution in [0.3, 0.4) is 0 Å². The Morgan fingerprint density at radius 1 is 0.933 bits per heavy atom. The van der Waals surface area contributed by atoms with Crippen molar-refractivity contribution in [2.24, 2.45) is 0 Å². The SMILES string of the molecule is CCCNC(=O)[C@H](C)N(Cc1ccc(C)cc1)C(=O)CCc1ccc(C(C)C)cc1. The number of carbonyl (C=O) groups is 2. The summed E-state index contributed by atoms with van der Waals surface area (Å²) in [5.74, 6) is 0.398. The minimum atomic E-state index is -0.506. The number of aryl methyl sites for hydroxylation is 2. The molecule has 0 heterocycles. The lowest BCUT2D eigenvalue weighted by Gasteiger charge is -2.29. The molecule has 162 valence electrons. The summed E-state index contributed by atoms with van der Waals surface area (Å²) in [5, 5.41) is 2.92. The van der Waals surface area contributed by atoms with E-state index in [1.54, 1.807) is 4.90 Å². The van der Waals surface area contributed by atoms with E-state index in [-0.39, 0.29) is 11.8 Å². The van der Waals surface area contributed by atoms with Crippen molar-refractivity contribution in [3.8, 4) is 0 Å². The van der Waals surface area contributed by atoms with Crippen molar-refractivity contribution in [2.45, 2.75) is 72.4 Å². The summed E-state index contributed by atoms with van der Waals surface area (Å²) in [4.78, 5) is 27.4. The third-order valence-corrected chi connectivity index (χ3v) is 5.46. The van der Waals surface area contributed by atoms with Crippen LogP contribution >= 0.6 is 0 Å². The number of hydrogen-bond acceptors (Lipinski definition) is 2. The Morgan fingerprint density at radius 2 is 1.53 bits per heavy atom. The average Bonchev–Trinajstić information content (AvgIpc) is 2.75. The number of hydrogen-bond donors (Lipinski definition) is 1. The van der Waals surface area contributed by atoms with E-state index in [9.17, 15) is 9.59 Å². The summed E-state index contributed by atoms with van der Waals surface area (Å²) in [6.45, 7) is 11.3. The van der Waals surface area contributed by atoms with E-state index in [1.807, 2.05) is 45.0 Å². The van der Waals surface area contributed by atoms with Gasteiger partial charge < -0.3 is 10.2 Å². The third kappa shape index (κ3) is 7.01. The molecule has 4 nitrogen and oxygen atoms in total. The smallest absolute Gasteiger partial charge is 0.242 e.